The summed E-state index contributed by atoms with van der Waals surface area (Å²) < 4.78 is 22.4. The van der Waals surface area contributed by atoms with Gasteiger partial charge in [-0.2, -0.15) is 10.2 Å². The van der Waals surface area contributed by atoms with Crippen molar-refractivity contribution >= 4 is 16.6 Å². The lowest BCUT2D eigenvalue weighted by Crippen LogP contribution is -2.45. The molecule has 5 aromatic rings. The van der Waals surface area contributed by atoms with E-state index in [0.29, 0.717) is 35.0 Å². The minimum Gasteiger partial charge on any atom is -0.375 e. The second-order valence-electron chi connectivity index (χ2n) is 10.9. The molecule has 192 valence electrons. The first-order chi connectivity index (χ1) is 18.7. The Bertz CT molecular complexity index is 1640. The Morgan fingerprint density at radius 2 is 1.84 bits per heavy atom. The number of morpholine rings is 1. The highest BCUT2D eigenvalue weighted by Gasteiger charge is 2.43. The van der Waals surface area contributed by atoms with Crippen molar-refractivity contribution in [3.05, 3.63) is 66.6 Å². The van der Waals surface area contributed by atoms with Gasteiger partial charge in [0.2, 0.25) is 0 Å². The number of rotatable bonds is 4. The van der Waals surface area contributed by atoms with E-state index in [1.54, 1.807) is 18.6 Å². The topological polar surface area (TPSA) is 84.2 Å². The molecule has 0 unspecified atom stereocenters. The van der Waals surface area contributed by atoms with Gasteiger partial charge in [-0.3, -0.25) is 15.0 Å². The standard InChI is InChI=1S/C29H28FN7O/c30-24-6-5-22(23-14-33-34-28(23)24)26-27(18-7-10-31-11-8-18)35-37-25(9-12-32-29(26)37)17-1-3-19(4-2-17)36-15-21-13-20(36)16-38-21/h5-12,14,17,19-21H,1-4,13,15-16H2,(H,33,34)/t17-,19-,20-,21-/m0/s1. The summed E-state index contributed by atoms with van der Waals surface area (Å²) in [6.45, 7) is 1.99. The number of halogens is 1. The van der Waals surface area contributed by atoms with Gasteiger partial charge in [0, 0.05) is 59.8 Å². The molecular formula is C29H28FN7O. The van der Waals surface area contributed by atoms with Gasteiger partial charge >= 0.3 is 0 Å². The third-order valence-corrected chi connectivity index (χ3v) is 8.86. The molecule has 1 saturated carbocycles. The Morgan fingerprint density at radius 1 is 0.974 bits per heavy atom. The molecule has 3 aliphatic rings. The van der Waals surface area contributed by atoms with Crippen LogP contribution in [0.15, 0.2) is 55.1 Å². The number of aromatic amines is 1. The molecule has 2 atom stereocenters. The Morgan fingerprint density at radius 3 is 2.63 bits per heavy atom. The fraction of sp³-hybridized carbons (Fsp3) is 0.379. The van der Waals surface area contributed by atoms with E-state index in [1.165, 1.54) is 31.0 Å². The summed E-state index contributed by atoms with van der Waals surface area (Å²) in [5.74, 6) is 0.0828. The Labute approximate surface area is 218 Å². The third-order valence-electron chi connectivity index (χ3n) is 8.86. The number of H-pyrrole nitrogens is 1. The fourth-order valence-electron chi connectivity index (χ4n) is 7.03. The average Bonchev–Trinajstić information content (AvgIpc) is 3.77. The van der Waals surface area contributed by atoms with Crippen molar-refractivity contribution in [3.8, 4) is 22.4 Å². The van der Waals surface area contributed by atoms with Crippen LogP contribution in [0.1, 0.15) is 43.7 Å². The first-order valence-corrected chi connectivity index (χ1v) is 13.5. The molecule has 0 radical (unpaired) electrons. The van der Waals surface area contributed by atoms with Gasteiger partial charge in [-0.15, -0.1) is 0 Å². The summed E-state index contributed by atoms with van der Waals surface area (Å²) >= 11 is 0. The van der Waals surface area contributed by atoms with E-state index in [-0.39, 0.29) is 5.82 Å². The highest BCUT2D eigenvalue weighted by Crippen LogP contribution is 2.42. The first-order valence-electron chi connectivity index (χ1n) is 13.5. The van der Waals surface area contributed by atoms with Gasteiger partial charge in [-0.1, -0.05) is 6.07 Å². The summed E-state index contributed by atoms with van der Waals surface area (Å²) in [6, 6.07) is 10.6. The van der Waals surface area contributed by atoms with Gasteiger partial charge in [-0.05, 0) is 61.9 Å². The quantitative estimate of drug-likeness (QED) is 0.368. The van der Waals surface area contributed by atoms with Crippen LogP contribution < -0.4 is 0 Å². The monoisotopic (exact) mass is 509 g/mol. The zero-order chi connectivity index (χ0) is 25.2. The second kappa shape index (κ2) is 8.68. The molecule has 6 heterocycles. The minimum atomic E-state index is -0.327. The normalized spacial score (nSPS) is 25.6. The van der Waals surface area contributed by atoms with Crippen molar-refractivity contribution in [3.63, 3.8) is 0 Å². The van der Waals surface area contributed by atoms with Crippen LogP contribution in [0.3, 0.4) is 0 Å². The van der Waals surface area contributed by atoms with Crippen LogP contribution in [0.25, 0.3) is 38.9 Å². The van der Waals surface area contributed by atoms with Gasteiger partial charge < -0.3 is 4.74 Å². The van der Waals surface area contributed by atoms with E-state index in [2.05, 4.69) is 26.1 Å². The highest BCUT2D eigenvalue weighted by atomic mass is 19.1. The Balaban J connectivity index is 1.21. The predicted molar refractivity (Wildman–Crippen MR) is 141 cm³/mol. The summed E-state index contributed by atoms with van der Waals surface area (Å²) in [6.07, 6.45) is 13.4. The van der Waals surface area contributed by atoms with E-state index < -0.39 is 0 Å². The molecule has 2 saturated heterocycles. The number of fused-ring (bicyclic) bond motifs is 4. The van der Waals surface area contributed by atoms with Crippen molar-refractivity contribution in [2.75, 3.05) is 13.2 Å². The molecule has 1 N–H and O–H groups in total. The number of hydrogen-bond donors (Lipinski definition) is 1. The van der Waals surface area contributed by atoms with Gasteiger partial charge in [0.25, 0.3) is 0 Å². The number of pyridine rings is 1. The molecule has 8 rings (SSSR count). The maximum Gasteiger partial charge on any atom is 0.163 e. The van der Waals surface area contributed by atoms with Crippen LogP contribution in [-0.2, 0) is 4.74 Å². The van der Waals surface area contributed by atoms with Crippen LogP contribution in [0, 0.1) is 5.82 Å². The van der Waals surface area contributed by atoms with Crippen molar-refractivity contribution in [2.24, 2.45) is 0 Å². The zero-order valence-electron chi connectivity index (χ0n) is 20.9. The molecule has 1 aliphatic carbocycles. The lowest BCUT2D eigenvalue weighted by Gasteiger charge is -2.39. The van der Waals surface area contributed by atoms with Crippen molar-refractivity contribution < 1.29 is 9.13 Å². The third kappa shape index (κ3) is 3.41. The molecular weight excluding hydrogens is 481 g/mol. The summed E-state index contributed by atoms with van der Waals surface area (Å²) in [5, 5.41) is 12.8. The fourth-order valence-corrected chi connectivity index (χ4v) is 7.03. The van der Waals surface area contributed by atoms with Crippen LogP contribution >= 0.6 is 0 Å². The minimum absolute atomic E-state index is 0.327. The van der Waals surface area contributed by atoms with Crippen LogP contribution in [0.2, 0.25) is 0 Å². The Kier molecular flexibility index (Phi) is 5.09. The smallest absolute Gasteiger partial charge is 0.163 e. The molecule has 38 heavy (non-hydrogen) atoms. The highest BCUT2D eigenvalue weighted by molar-refractivity contribution is 6.02. The van der Waals surface area contributed by atoms with Gasteiger partial charge in [0.1, 0.15) is 17.0 Å². The van der Waals surface area contributed by atoms with Gasteiger partial charge in [-0.25, -0.2) is 13.9 Å². The summed E-state index contributed by atoms with van der Waals surface area (Å²) in [5.41, 5.74) is 5.85. The molecule has 9 heteroatoms. The largest absolute Gasteiger partial charge is 0.375 e. The second-order valence-corrected chi connectivity index (χ2v) is 10.9. The number of aromatic nitrogens is 6. The molecule has 8 nitrogen and oxygen atoms in total. The van der Waals surface area contributed by atoms with Gasteiger partial charge in [0.15, 0.2) is 5.65 Å². The SMILES string of the molecule is Fc1ccc(-c2c(-c3ccncc3)nn3c2nccc3[C@H]2CC[C@H](N3C[C@@H]4C[C@H]3CO4)CC2)c2cn[nH]c12. The van der Waals surface area contributed by atoms with Crippen LogP contribution in [-0.4, -0.2) is 66.0 Å². The molecule has 0 spiro atoms. The number of ether oxygens (including phenoxy) is 1. The number of likely N-dealkylation sites (tertiary alicyclic amines) is 1. The predicted octanol–water partition coefficient (Wildman–Crippen LogP) is 4.97. The molecule has 1 aromatic carbocycles. The lowest BCUT2D eigenvalue weighted by molar-refractivity contribution is 0.00262. The maximum absolute atomic E-state index is 14.6. The number of nitrogens with one attached hydrogen (secondary N) is 1. The van der Waals surface area contributed by atoms with E-state index in [1.807, 2.05) is 28.9 Å². The first kappa shape index (κ1) is 22.3. The number of hydrogen-bond acceptors (Lipinski definition) is 6. The van der Waals surface area contributed by atoms with Crippen LogP contribution in [0.4, 0.5) is 4.39 Å². The molecule has 2 aliphatic heterocycles. The van der Waals surface area contributed by atoms with Gasteiger partial charge in [0.05, 0.1) is 24.5 Å². The summed E-state index contributed by atoms with van der Waals surface area (Å²) in [7, 11) is 0. The summed E-state index contributed by atoms with van der Waals surface area (Å²) in [4.78, 5) is 11.7. The molecule has 3 fully saturated rings. The van der Waals surface area contributed by atoms with Crippen molar-refractivity contribution in [1.82, 2.24) is 34.7 Å². The van der Waals surface area contributed by atoms with E-state index in [9.17, 15) is 4.39 Å². The molecule has 4 aromatic heterocycles. The molecule has 0 amide bonds. The Hall–Kier alpha value is -3.69. The van der Waals surface area contributed by atoms with Crippen molar-refractivity contribution in [2.45, 2.75) is 56.2 Å². The number of nitrogens with zero attached hydrogens (tertiary/aromatic N) is 6. The van der Waals surface area contributed by atoms with E-state index in [0.717, 1.165) is 54.0 Å². The van der Waals surface area contributed by atoms with Crippen LogP contribution in [0.5, 0.6) is 0 Å². The maximum atomic E-state index is 14.6. The van der Waals surface area contributed by atoms with Crippen molar-refractivity contribution in [1.29, 1.82) is 0 Å². The number of benzene rings is 1. The van der Waals surface area contributed by atoms with E-state index >= 15 is 0 Å². The average molecular weight is 510 g/mol. The van der Waals surface area contributed by atoms with E-state index in [4.69, 9.17) is 14.8 Å². The zero-order valence-corrected chi connectivity index (χ0v) is 20.9. The lowest BCUT2D eigenvalue weighted by atomic mass is 9.83. The molecule has 2 bridgehead atoms.